The van der Waals surface area contributed by atoms with E-state index in [0.717, 1.165) is 27.4 Å². The third kappa shape index (κ3) is 5.95. The van der Waals surface area contributed by atoms with Gasteiger partial charge in [0.15, 0.2) is 0 Å². The number of sulfonamides is 1. The van der Waals surface area contributed by atoms with Crippen LogP contribution in [0.3, 0.4) is 0 Å². The first-order valence-corrected chi connectivity index (χ1v) is 12.7. The van der Waals surface area contributed by atoms with Gasteiger partial charge in [-0.2, -0.15) is 0 Å². The second kappa shape index (κ2) is 10.4. The highest BCUT2D eigenvalue weighted by Crippen LogP contribution is 2.28. The molecule has 1 amide bonds. The maximum Gasteiger partial charge on any atom is 0.264 e. The van der Waals surface area contributed by atoms with Crippen molar-refractivity contribution in [2.45, 2.75) is 45.1 Å². The van der Waals surface area contributed by atoms with Gasteiger partial charge in [-0.15, -0.1) is 0 Å². The van der Waals surface area contributed by atoms with Crippen LogP contribution in [0.5, 0.6) is 0 Å². The molecule has 0 saturated carbocycles. The third-order valence-corrected chi connectivity index (χ3v) is 7.80. The number of hydrogen-bond acceptors (Lipinski definition) is 3. The Morgan fingerprint density at radius 3 is 2.21 bits per heavy atom. The Morgan fingerprint density at radius 1 is 1.00 bits per heavy atom. The van der Waals surface area contributed by atoms with E-state index in [1.165, 1.54) is 5.56 Å². The zero-order valence-corrected chi connectivity index (χ0v) is 20.9. The fourth-order valence-corrected chi connectivity index (χ4v) is 5.02. The number of hydrogen-bond donors (Lipinski definition) is 1. The normalized spacial score (nSPS) is 12.3. The third-order valence-electron chi connectivity index (χ3n) is 5.61. The Hall–Kier alpha value is -2.83. The summed E-state index contributed by atoms with van der Waals surface area (Å²) in [7, 11) is -3.99. The van der Waals surface area contributed by atoms with E-state index in [4.69, 9.17) is 11.6 Å². The largest absolute Gasteiger partial charge is 0.348 e. The van der Waals surface area contributed by atoms with E-state index < -0.39 is 15.9 Å². The number of halogens is 1. The summed E-state index contributed by atoms with van der Waals surface area (Å²) in [6.07, 6.45) is 0.936. The molecule has 0 bridgehead atoms. The molecule has 1 N–H and O–H groups in total. The van der Waals surface area contributed by atoms with Crippen LogP contribution in [0.25, 0.3) is 0 Å². The van der Waals surface area contributed by atoms with Gasteiger partial charge in [-0.3, -0.25) is 9.10 Å². The van der Waals surface area contributed by atoms with E-state index in [1.54, 1.807) is 42.5 Å². The fraction of sp³-hybridized carbons (Fsp3) is 0.269. The van der Waals surface area contributed by atoms with Crippen LogP contribution in [0.4, 0.5) is 5.69 Å². The van der Waals surface area contributed by atoms with Crippen molar-refractivity contribution < 1.29 is 13.2 Å². The van der Waals surface area contributed by atoms with Crippen molar-refractivity contribution in [2.24, 2.45) is 0 Å². The number of benzene rings is 3. The molecule has 5 nitrogen and oxygen atoms in total. The molecule has 33 heavy (non-hydrogen) atoms. The monoisotopic (exact) mass is 484 g/mol. The van der Waals surface area contributed by atoms with Gasteiger partial charge in [0, 0.05) is 5.02 Å². The van der Waals surface area contributed by atoms with Gasteiger partial charge < -0.3 is 5.32 Å². The van der Waals surface area contributed by atoms with Crippen LogP contribution in [0.1, 0.15) is 42.1 Å². The highest BCUT2D eigenvalue weighted by atomic mass is 35.5. The Balaban J connectivity index is 1.89. The maximum atomic E-state index is 13.5. The Bertz CT molecular complexity index is 1220. The minimum atomic E-state index is -3.99. The van der Waals surface area contributed by atoms with Gasteiger partial charge in [-0.1, -0.05) is 66.6 Å². The average molecular weight is 485 g/mol. The molecular formula is C26H29ClN2O3S. The molecule has 3 aromatic carbocycles. The molecule has 174 valence electrons. The van der Waals surface area contributed by atoms with Crippen LogP contribution in [-0.4, -0.2) is 20.9 Å². The van der Waals surface area contributed by atoms with Gasteiger partial charge in [0.2, 0.25) is 5.91 Å². The van der Waals surface area contributed by atoms with Crippen molar-refractivity contribution in [1.29, 1.82) is 0 Å². The minimum Gasteiger partial charge on any atom is -0.348 e. The van der Waals surface area contributed by atoms with E-state index in [2.05, 4.69) is 12.2 Å². The molecule has 0 aliphatic rings. The van der Waals surface area contributed by atoms with Gasteiger partial charge in [-0.25, -0.2) is 8.42 Å². The quantitative estimate of drug-likeness (QED) is 0.453. The summed E-state index contributed by atoms with van der Waals surface area (Å²) in [6.45, 7) is 7.31. The summed E-state index contributed by atoms with van der Waals surface area (Å²) in [4.78, 5) is 13.1. The zero-order chi connectivity index (χ0) is 24.2. The average Bonchev–Trinajstić information content (AvgIpc) is 2.79. The molecule has 0 fully saturated rings. The summed E-state index contributed by atoms with van der Waals surface area (Å²) >= 11 is 6.28. The lowest BCUT2D eigenvalue weighted by atomic mass is 10.1. The van der Waals surface area contributed by atoms with Crippen molar-refractivity contribution >= 4 is 33.2 Å². The lowest BCUT2D eigenvalue weighted by Gasteiger charge is -2.25. The molecule has 3 rings (SSSR count). The molecule has 0 aliphatic heterocycles. The van der Waals surface area contributed by atoms with E-state index in [0.29, 0.717) is 10.7 Å². The molecule has 1 unspecified atom stereocenters. The van der Waals surface area contributed by atoms with Crippen molar-refractivity contribution in [1.82, 2.24) is 5.32 Å². The number of anilines is 1. The van der Waals surface area contributed by atoms with Crippen LogP contribution >= 0.6 is 11.6 Å². The molecule has 0 radical (unpaired) electrons. The van der Waals surface area contributed by atoms with Gasteiger partial charge in [0.1, 0.15) is 6.54 Å². The molecule has 0 aliphatic carbocycles. The summed E-state index contributed by atoms with van der Waals surface area (Å²) in [5.74, 6) is -0.408. The van der Waals surface area contributed by atoms with Gasteiger partial charge in [0.05, 0.1) is 16.6 Å². The highest BCUT2D eigenvalue weighted by molar-refractivity contribution is 7.92. The molecule has 0 aromatic heterocycles. The van der Waals surface area contributed by atoms with Crippen molar-refractivity contribution in [3.63, 3.8) is 0 Å². The SMILES string of the molecule is CCc1ccc(C(C)NC(=O)CN(c2ccc(C)c(Cl)c2)S(=O)(=O)c2ccc(C)cc2)cc1. The first-order valence-electron chi connectivity index (χ1n) is 10.9. The van der Waals surface area contributed by atoms with Crippen LogP contribution in [-0.2, 0) is 21.2 Å². The Kier molecular flexibility index (Phi) is 7.82. The molecule has 0 saturated heterocycles. The maximum absolute atomic E-state index is 13.5. The first-order chi connectivity index (χ1) is 15.6. The molecule has 0 heterocycles. The molecule has 3 aromatic rings. The van der Waals surface area contributed by atoms with Crippen LogP contribution < -0.4 is 9.62 Å². The summed E-state index contributed by atoms with van der Waals surface area (Å²) < 4.78 is 28.1. The van der Waals surface area contributed by atoms with E-state index in [1.807, 2.05) is 45.0 Å². The number of aryl methyl sites for hydroxylation is 3. The highest BCUT2D eigenvalue weighted by Gasteiger charge is 2.28. The van der Waals surface area contributed by atoms with Crippen molar-refractivity contribution in [3.8, 4) is 0 Å². The van der Waals surface area contributed by atoms with E-state index >= 15 is 0 Å². The van der Waals surface area contributed by atoms with Crippen molar-refractivity contribution in [2.75, 3.05) is 10.8 Å². The Morgan fingerprint density at radius 2 is 1.64 bits per heavy atom. The standard InChI is InChI=1S/C26H29ClN2O3S/c1-5-21-9-11-22(12-10-21)20(4)28-26(30)17-29(23-13-8-19(3)25(27)16-23)33(31,32)24-14-6-18(2)7-15-24/h6-16,20H,5,17H2,1-4H3,(H,28,30). The van der Waals surface area contributed by atoms with Gasteiger partial charge >= 0.3 is 0 Å². The van der Waals surface area contributed by atoms with Crippen LogP contribution in [0.2, 0.25) is 5.02 Å². The predicted molar refractivity (Wildman–Crippen MR) is 134 cm³/mol. The molecule has 0 spiro atoms. The first kappa shape index (κ1) is 24.8. The topological polar surface area (TPSA) is 66.5 Å². The summed E-state index contributed by atoms with van der Waals surface area (Å²) in [5.41, 5.74) is 4.26. The van der Waals surface area contributed by atoms with Gasteiger partial charge in [-0.05, 0) is 68.1 Å². The number of amides is 1. The minimum absolute atomic E-state index is 0.112. The molecular weight excluding hydrogens is 456 g/mol. The zero-order valence-electron chi connectivity index (χ0n) is 19.3. The van der Waals surface area contributed by atoms with Gasteiger partial charge in [0.25, 0.3) is 10.0 Å². The smallest absolute Gasteiger partial charge is 0.264 e. The number of nitrogens with zero attached hydrogens (tertiary/aromatic N) is 1. The fourth-order valence-electron chi connectivity index (χ4n) is 3.43. The lowest BCUT2D eigenvalue weighted by Crippen LogP contribution is -2.41. The summed E-state index contributed by atoms with van der Waals surface area (Å²) in [5, 5.41) is 3.35. The molecule has 1 atom stereocenters. The Labute approximate surface area is 201 Å². The second-order valence-electron chi connectivity index (χ2n) is 8.14. The number of nitrogens with one attached hydrogen (secondary N) is 1. The van der Waals surface area contributed by atoms with Crippen LogP contribution in [0.15, 0.2) is 71.6 Å². The molecule has 7 heteroatoms. The van der Waals surface area contributed by atoms with E-state index in [-0.39, 0.29) is 17.5 Å². The number of rotatable bonds is 8. The lowest BCUT2D eigenvalue weighted by molar-refractivity contribution is -0.120. The predicted octanol–water partition coefficient (Wildman–Crippen LogP) is 5.59. The summed E-state index contributed by atoms with van der Waals surface area (Å²) in [6, 6.07) is 19.3. The number of carbonyl (C=O) groups excluding carboxylic acids is 1. The second-order valence-corrected chi connectivity index (χ2v) is 10.4. The number of carbonyl (C=O) groups is 1. The van der Waals surface area contributed by atoms with E-state index in [9.17, 15) is 13.2 Å². The van der Waals surface area contributed by atoms with Crippen LogP contribution in [0, 0.1) is 13.8 Å². The van der Waals surface area contributed by atoms with Crippen molar-refractivity contribution in [3.05, 3.63) is 94.0 Å².